The Bertz CT molecular complexity index is 964. The van der Waals surface area contributed by atoms with Crippen LogP contribution in [-0.4, -0.2) is 69.2 Å². The second-order valence-corrected chi connectivity index (χ2v) is 10.2. The summed E-state index contributed by atoms with van der Waals surface area (Å²) in [6, 6.07) is 4.57. The maximum Gasteiger partial charge on any atom is 0.414 e. The van der Waals surface area contributed by atoms with E-state index < -0.39 is 22.1 Å². The molecule has 0 aromatic heterocycles. The molecular weight excluding hydrogens is 445 g/mol. The Labute approximate surface area is 186 Å². The molecule has 1 saturated carbocycles. The van der Waals surface area contributed by atoms with E-state index in [2.05, 4.69) is 5.32 Å². The van der Waals surface area contributed by atoms with E-state index >= 15 is 0 Å². The number of piperazine rings is 1. The van der Waals surface area contributed by atoms with Crippen molar-refractivity contribution in [2.75, 3.05) is 49.1 Å². The van der Waals surface area contributed by atoms with Crippen LogP contribution in [0.4, 0.5) is 20.6 Å². The SMILES string of the molecule is NS(=O)(=O)N1CCN(c2ccc(N3C[C@H](CNC(=S)CC4CC4)OC3=O)cc2F)CC1. The van der Waals surface area contributed by atoms with E-state index in [1.54, 1.807) is 17.0 Å². The zero-order chi connectivity index (χ0) is 22.2. The van der Waals surface area contributed by atoms with Crippen molar-refractivity contribution in [2.24, 2.45) is 11.1 Å². The Morgan fingerprint density at radius 1 is 1.26 bits per heavy atom. The highest BCUT2D eigenvalue weighted by atomic mass is 32.2. The molecule has 0 radical (unpaired) electrons. The smallest absolute Gasteiger partial charge is 0.414 e. The van der Waals surface area contributed by atoms with E-state index in [0.717, 1.165) is 11.4 Å². The fraction of sp³-hybridized carbons (Fsp3) is 0.579. The van der Waals surface area contributed by atoms with Gasteiger partial charge in [-0.05, 0) is 37.0 Å². The molecule has 1 aromatic carbocycles. The van der Waals surface area contributed by atoms with Gasteiger partial charge in [0, 0.05) is 32.6 Å². The summed E-state index contributed by atoms with van der Waals surface area (Å²) in [4.78, 5) is 16.2. The number of benzene rings is 1. The van der Waals surface area contributed by atoms with Crippen molar-refractivity contribution in [1.29, 1.82) is 0 Å². The predicted molar refractivity (Wildman–Crippen MR) is 119 cm³/mol. The van der Waals surface area contributed by atoms with Crippen molar-refractivity contribution in [3.63, 3.8) is 0 Å². The Balaban J connectivity index is 1.34. The van der Waals surface area contributed by atoms with Gasteiger partial charge in [0.05, 0.1) is 29.5 Å². The number of anilines is 2. The zero-order valence-corrected chi connectivity index (χ0v) is 18.6. The first-order valence-corrected chi connectivity index (χ1v) is 12.2. The number of ether oxygens (including phenoxy) is 1. The molecule has 2 heterocycles. The van der Waals surface area contributed by atoms with Crippen LogP contribution < -0.4 is 20.3 Å². The number of rotatable bonds is 7. The van der Waals surface area contributed by atoms with Gasteiger partial charge in [0.1, 0.15) is 11.9 Å². The van der Waals surface area contributed by atoms with E-state index in [-0.39, 0.29) is 19.2 Å². The number of hydrogen-bond acceptors (Lipinski definition) is 6. The molecule has 0 unspecified atom stereocenters. The Morgan fingerprint density at radius 2 is 1.97 bits per heavy atom. The molecule has 2 aliphatic heterocycles. The number of amides is 1. The Kier molecular flexibility index (Phi) is 6.33. The van der Waals surface area contributed by atoms with E-state index in [4.69, 9.17) is 22.1 Å². The molecule has 1 aromatic rings. The van der Waals surface area contributed by atoms with Crippen molar-refractivity contribution < 1.29 is 22.3 Å². The molecule has 31 heavy (non-hydrogen) atoms. The summed E-state index contributed by atoms with van der Waals surface area (Å²) in [5, 5.41) is 8.30. The second-order valence-electron chi connectivity index (χ2n) is 8.13. The number of hydrogen-bond donors (Lipinski definition) is 2. The second kappa shape index (κ2) is 8.85. The van der Waals surface area contributed by atoms with Gasteiger partial charge >= 0.3 is 6.09 Å². The van der Waals surface area contributed by atoms with Gasteiger partial charge in [0.25, 0.3) is 10.2 Å². The van der Waals surface area contributed by atoms with E-state index in [1.807, 2.05) is 0 Å². The summed E-state index contributed by atoms with van der Waals surface area (Å²) in [7, 11) is -3.74. The molecule has 2 saturated heterocycles. The number of cyclic esters (lactones) is 1. The van der Waals surface area contributed by atoms with Gasteiger partial charge < -0.3 is 15.0 Å². The van der Waals surface area contributed by atoms with Crippen molar-refractivity contribution in [2.45, 2.75) is 25.4 Å². The largest absolute Gasteiger partial charge is 0.442 e. The molecule has 1 atom stereocenters. The highest BCUT2D eigenvalue weighted by Gasteiger charge is 2.33. The molecular formula is C19H26FN5O4S2. The highest BCUT2D eigenvalue weighted by Crippen LogP contribution is 2.32. The number of nitrogens with zero attached hydrogens (tertiary/aromatic N) is 3. The van der Waals surface area contributed by atoms with E-state index in [0.29, 0.717) is 43.5 Å². The number of carbonyl (C=O) groups excluding carboxylic acids is 1. The van der Waals surface area contributed by atoms with E-state index in [1.165, 1.54) is 28.1 Å². The van der Waals surface area contributed by atoms with Crippen molar-refractivity contribution >= 4 is 44.9 Å². The van der Waals surface area contributed by atoms with Gasteiger partial charge in [-0.25, -0.2) is 14.3 Å². The monoisotopic (exact) mass is 471 g/mol. The summed E-state index contributed by atoms with van der Waals surface area (Å²) >= 11 is 5.32. The standard InChI is InChI=1S/C19H26FN5O4S2/c20-16-10-14(3-4-17(16)23-5-7-24(8-6-23)31(21,27)28)25-12-15(29-19(25)26)11-22-18(30)9-13-1-2-13/h3-4,10,13,15H,1-2,5-9,11-12H2,(H,22,30)(H2,21,27,28)/t15-/m0/s1. The first kappa shape index (κ1) is 22.2. The number of carbonyl (C=O) groups is 1. The summed E-state index contributed by atoms with van der Waals surface area (Å²) in [5.41, 5.74) is 0.770. The van der Waals surface area contributed by atoms with Crippen LogP contribution in [0.3, 0.4) is 0 Å². The molecule has 12 heteroatoms. The van der Waals surface area contributed by atoms with Crippen LogP contribution in [0.1, 0.15) is 19.3 Å². The van der Waals surface area contributed by atoms with Crippen molar-refractivity contribution in [3.05, 3.63) is 24.0 Å². The van der Waals surface area contributed by atoms with Crippen LogP contribution in [-0.2, 0) is 14.9 Å². The van der Waals surface area contributed by atoms with Gasteiger partial charge in [0.15, 0.2) is 0 Å². The highest BCUT2D eigenvalue weighted by molar-refractivity contribution is 7.86. The maximum atomic E-state index is 14.8. The molecule has 0 bridgehead atoms. The van der Waals surface area contributed by atoms with Crippen LogP contribution in [0, 0.1) is 11.7 Å². The molecule has 170 valence electrons. The Hall–Kier alpha value is -2.02. The van der Waals surface area contributed by atoms with Crippen LogP contribution in [0.5, 0.6) is 0 Å². The molecule has 9 nitrogen and oxygen atoms in total. The fourth-order valence-electron chi connectivity index (χ4n) is 3.83. The third kappa shape index (κ3) is 5.43. The summed E-state index contributed by atoms with van der Waals surface area (Å²) in [5.74, 6) is 0.202. The summed E-state index contributed by atoms with van der Waals surface area (Å²) in [6.45, 7) is 1.78. The predicted octanol–water partition coefficient (Wildman–Crippen LogP) is 1.19. The normalized spacial score (nSPS) is 22.5. The third-order valence-electron chi connectivity index (χ3n) is 5.75. The zero-order valence-electron chi connectivity index (χ0n) is 17.0. The molecule has 1 amide bonds. The molecule has 4 rings (SSSR count). The van der Waals surface area contributed by atoms with Gasteiger partial charge in [-0.15, -0.1) is 0 Å². The quantitative estimate of drug-likeness (QED) is 0.575. The number of nitrogens with two attached hydrogens (primary N) is 1. The van der Waals surface area contributed by atoms with Crippen molar-refractivity contribution in [1.82, 2.24) is 9.62 Å². The average molecular weight is 472 g/mol. The Morgan fingerprint density at radius 3 is 2.58 bits per heavy atom. The van der Waals surface area contributed by atoms with Crippen molar-refractivity contribution in [3.8, 4) is 0 Å². The fourth-order valence-corrected chi connectivity index (χ4v) is 4.82. The van der Waals surface area contributed by atoms with Crippen LogP contribution in [0.2, 0.25) is 0 Å². The lowest BCUT2D eigenvalue weighted by atomic mass is 10.2. The lowest BCUT2D eigenvalue weighted by molar-refractivity contribution is 0.143. The average Bonchev–Trinajstić information content (AvgIpc) is 3.45. The maximum absolute atomic E-state index is 14.8. The van der Waals surface area contributed by atoms with Gasteiger partial charge in [-0.2, -0.15) is 12.7 Å². The molecule has 3 aliphatic rings. The number of halogens is 1. The topological polar surface area (TPSA) is 108 Å². The van der Waals surface area contributed by atoms with E-state index in [9.17, 15) is 17.6 Å². The van der Waals surface area contributed by atoms with Crippen LogP contribution >= 0.6 is 12.2 Å². The number of thiocarbonyl (C=S) groups is 1. The van der Waals surface area contributed by atoms with Gasteiger partial charge in [0.2, 0.25) is 0 Å². The van der Waals surface area contributed by atoms with Gasteiger partial charge in [-0.3, -0.25) is 4.90 Å². The lowest BCUT2D eigenvalue weighted by Gasteiger charge is -2.34. The van der Waals surface area contributed by atoms with Gasteiger partial charge in [-0.1, -0.05) is 12.2 Å². The molecule has 0 spiro atoms. The molecule has 1 aliphatic carbocycles. The number of nitrogens with one attached hydrogen (secondary N) is 1. The minimum Gasteiger partial charge on any atom is -0.442 e. The summed E-state index contributed by atoms with van der Waals surface area (Å²) < 4.78 is 44.2. The minimum absolute atomic E-state index is 0.190. The minimum atomic E-state index is -3.74. The molecule has 3 fully saturated rings. The summed E-state index contributed by atoms with van der Waals surface area (Å²) in [6.07, 6.45) is 2.43. The van der Waals surface area contributed by atoms with Crippen LogP contribution in [0.25, 0.3) is 0 Å². The first-order valence-electron chi connectivity index (χ1n) is 10.3. The first-order chi connectivity index (χ1) is 14.7. The third-order valence-corrected chi connectivity index (χ3v) is 7.15. The lowest BCUT2D eigenvalue weighted by Crippen LogP contribution is -2.50. The molecule has 3 N–H and O–H groups in total. The van der Waals surface area contributed by atoms with Crippen LogP contribution in [0.15, 0.2) is 18.2 Å².